The Morgan fingerprint density at radius 3 is 2.45 bits per heavy atom. The molecule has 1 unspecified atom stereocenters. The van der Waals surface area contributed by atoms with E-state index in [-0.39, 0.29) is 5.75 Å². The fourth-order valence-corrected chi connectivity index (χ4v) is 1.72. The van der Waals surface area contributed by atoms with E-state index in [0.717, 1.165) is 5.56 Å². The van der Waals surface area contributed by atoms with E-state index in [0.29, 0.717) is 6.42 Å². The molecule has 2 rings (SSSR count). The van der Waals surface area contributed by atoms with Gasteiger partial charge in [-0.05, 0) is 17.7 Å². The molecule has 5 nitrogen and oxygen atoms in total. The van der Waals surface area contributed by atoms with Crippen molar-refractivity contribution < 1.29 is 24.2 Å². The number of rotatable bonds is 5. The second-order valence-corrected chi connectivity index (χ2v) is 4.24. The van der Waals surface area contributed by atoms with Crippen molar-refractivity contribution in [1.29, 1.82) is 0 Å². The Kier molecular flexibility index (Phi) is 4.68. The minimum Gasteiger partial charge on any atom is -0.508 e. The Morgan fingerprint density at radius 2 is 1.85 bits per heavy atom. The number of phenols is 1. The summed E-state index contributed by atoms with van der Waals surface area (Å²) in [7, 11) is 1.46. The highest BCUT2D eigenvalue weighted by atomic mass is 16.7. The normalized spacial score (nSPS) is 11.8. The largest absolute Gasteiger partial charge is 0.508 e. The van der Waals surface area contributed by atoms with Crippen molar-refractivity contribution in [3.63, 3.8) is 0 Å². The molecule has 0 aliphatic carbocycles. The van der Waals surface area contributed by atoms with Gasteiger partial charge in [-0.3, -0.25) is 0 Å². The zero-order valence-electron chi connectivity index (χ0n) is 11.1. The van der Waals surface area contributed by atoms with Crippen molar-refractivity contribution in [3.05, 3.63) is 60.4 Å². The number of aromatic nitrogens is 1. The van der Waals surface area contributed by atoms with Crippen molar-refractivity contribution in [2.24, 2.45) is 0 Å². The summed E-state index contributed by atoms with van der Waals surface area (Å²) < 4.78 is 6.49. The predicted molar refractivity (Wildman–Crippen MR) is 70.8 cm³/mol. The molecule has 1 aromatic heterocycles. The zero-order chi connectivity index (χ0) is 14.4. The Hall–Kier alpha value is -2.40. The molecule has 5 heteroatoms. The summed E-state index contributed by atoms with van der Waals surface area (Å²) >= 11 is 0. The topological polar surface area (TPSA) is 59.6 Å². The van der Waals surface area contributed by atoms with Crippen LogP contribution in [0.3, 0.4) is 0 Å². The Balaban J connectivity index is 2.00. The van der Waals surface area contributed by atoms with Crippen LogP contribution in [-0.4, -0.2) is 24.3 Å². The fourth-order valence-electron chi connectivity index (χ4n) is 1.72. The van der Waals surface area contributed by atoms with Crippen LogP contribution < -0.4 is 9.57 Å². The highest BCUT2D eigenvalue weighted by molar-refractivity contribution is 5.74. The molecule has 2 aromatic rings. The van der Waals surface area contributed by atoms with Gasteiger partial charge in [0.05, 0.1) is 0 Å². The van der Waals surface area contributed by atoms with Crippen LogP contribution in [0, 0.1) is 0 Å². The molecule has 0 amide bonds. The van der Waals surface area contributed by atoms with Crippen LogP contribution in [0.15, 0.2) is 54.9 Å². The number of nitrogens with zero attached hydrogens (tertiary/aromatic N) is 1. The summed E-state index contributed by atoms with van der Waals surface area (Å²) in [5, 5.41) is 9.23. The lowest BCUT2D eigenvalue weighted by atomic mass is 10.1. The Bertz CT molecular complexity index is 554. The highest BCUT2D eigenvalue weighted by Crippen LogP contribution is 2.12. The molecular weight excluding hydrogens is 258 g/mol. The van der Waals surface area contributed by atoms with Crippen LogP contribution in [0.25, 0.3) is 0 Å². The van der Waals surface area contributed by atoms with E-state index < -0.39 is 12.1 Å². The van der Waals surface area contributed by atoms with Gasteiger partial charge in [0.2, 0.25) is 12.4 Å². The van der Waals surface area contributed by atoms with Crippen LogP contribution in [0.5, 0.6) is 5.75 Å². The van der Waals surface area contributed by atoms with Crippen LogP contribution >= 0.6 is 0 Å². The first-order valence-corrected chi connectivity index (χ1v) is 6.18. The fraction of sp³-hybridized carbons (Fsp3) is 0.200. The lowest BCUT2D eigenvalue weighted by molar-refractivity contribution is -0.870. The molecule has 0 radical (unpaired) electrons. The van der Waals surface area contributed by atoms with Gasteiger partial charge in [0.1, 0.15) is 5.75 Å². The smallest absolute Gasteiger partial charge is 0.409 e. The first-order chi connectivity index (χ1) is 9.69. The average Bonchev–Trinajstić information content (AvgIpc) is 2.47. The monoisotopic (exact) mass is 274 g/mol. The quantitative estimate of drug-likeness (QED) is 0.823. The van der Waals surface area contributed by atoms with Gasteiger partial charge in [-0.15, -0.1) is 0 Å². The van der Waals surface area contributed by atoms with Crippen molar-refractivity contribution >= 4 is 5.97 Å². The third-order valence-corrected chi connectivity index (χ3v) is 2.79. The molecule has 0 aliphatic heterocycles. The van der Waals surface area contributed by atoms with Crippen molar-refractivity contribution in [1.82, 2.24) is 0 Å². The predicted octanol–water partition coefficient (Wildman–Crippen LogP) is 0.893. The van der Waals surface area contributed by atoms with Crippen LogP contribution in [0.2, 0.25) is 0 Å². The number of methoxy groups -OCH3 is 1. The second kappa shape index (κ2) is 6.68. The van der Waals surface area contributed by atoms with E-state index in [1.54, 1.807) is 48.8 Å². The van der Waals surface area contributed by atoms with E-state index in [1.807, 2.05) is 6.07 Å². The maximum absolute atomic E-state index is 12.0. The average molecular weight is 274 g/mol. The van der Waals surface area contributed by atoms with Gasteiger partial charge in [-0.25, -0.2) is 4.79 Å². The van der Waals surface area contributed by atoms with Crippen molar-refractivity contribution in [2.45, 2.75) is 12.5 Å². The SMILES string of the molecule is COC(Cc1ccc(O)cc1)C(=O)O[n+]1ccccc1. The number of hydrogen-bond acceptors (Lipinski definition) is 4. The van der Waals surface area contributed by atoms with Crippen LogP contribution in [0.4, 0.5) is 0 Å². The Labute approximate surface area is 117 Å². The van der Waals surface area contributed by atoms with Gasteiger partial charge in [0.15, 0.2) is 6.10 Å². The summed E-state index contributed by atoms with van der Waals surface area (Å²) in [5.41, 5.74) is 0.879. The number of pyridine rings is 1. The van der Waals surface area contributed by atoms with E-state index in [9.17, 15) is 9.90 Å². The van der Waals surface area contributed by atoms with E-state index in [4.69, 9.17) is 9.57 Å². The number of carbonyl (C=O) groups is 1. The molecule has 104 valence electrons. The molecule has 1 atom stereocenters. The number of aromatic hydroxyl groups is 1. The molecule has 0 spiro atoms. The number of ether oxygens (including phenoxy) is 1. The van der Waals surface area contributed by atoms with Crippen LogP contribution in [0.1, 0.15) is 5.56 Å². The van der Waals surface area contributed by atoms with Crippen LogP contribution in [-0.2, 0) is 16.0 Å². The molecule has 1 aromatic carbocycles. The van der Waals surface area contributed by atoms with Gasteiger partial charge in [0.25, 0.3) is 0 Å². The van der Waals surface area contributed by atoms with Gasteiger partial charge in [0, 0.05) is 30.4 Å². The standard InChI is InChI=1S/C15H15NO4/c1-19-14(11-12-5-7-13(17)8-6-12)15(18)20-16-9-3-2-4-10-16/h2-10,14H,11H2,1H3/p+1. The molecule has 0 bridgehead atoms. The Morgan fingerprint density at radius 1 is 1.20 bits per heavy atom. The highest BCUT2D eigenvalue weighted by Gasteiger charge is 2.24. The minimum atomic E-state index is -0.702. The number of phenolic OH excluding ortho intramolecular Hbond substituents is 1. The number of hydrogen-bond donors (Lipinski definition) is 1. The summed E-state index contributed by atoms with van der Waals surface area (Å²) in [5.74, 6) is -0.290. The summed E-state index contributed by atoms with van der Waals surface area (Å²) in [6.07, 6.45) is 2.94. The molecule has 0 aliphatic rings. The summed E-state index contributed by atoms with van der Waals surface area (Å²) in [6, 6.07) is 12.0. The summed E-state index contributed by atoms with van der Waals surface area (Å²) in [4.78, 5) is 17.2. The molecule has 1 N–H and O–H groups in total. The molecule has 0 saturated heterocycles. The maximum atomic E-state index is 12.0. The third kappa shape index (κ3) is 3.80. The molecule has 1 heterocycles. The number of benzene rings is 1. The third-order valence-electron chi connectivity index (χ3n) is 2.79. The first kappa shape index (κ1) is 14.0. The lowest BCUT2D eigenvalue weighted by Gasteiger charge is -2.11. The zero-order valence-corrected chi connectivity index (χ0v) is 11.1. The molecular formula is C15H16NO4+. The second-order valence-electron chi connectivity index (χ2n) is 4.24. The maximum Gasteiger partial charge on any atom is 0.409 e. The molecule has 0 fully saturated rings. The lowest BCUT2D eigenvalue weighted by Crippen LogP contribution is -2.49. The van der Waals surface area contributed by atoms with Gasteiger partial charge in [-0.2, -0.15) is 4.84 Å². The van der Waals surface area contributed by atoms with Gasteiger partial charge in [-0.1, -0.05) is 18.2 Å². The van der Waals surface area contributed by atoms with E-state index in [1.165, 1.54) is 11.8 Å². The first-order valence-electron chi connectivity index (χ1n) is 6.18. The molecule has 20 heavy (non-hydrogen) atoms. The van der Waals surface area contributed by atoms with E-state index in [2.05, 4.69) is 0 Å². The van der Waals surface area contributed by atoms with E-state index >= 15 is 0 Å². The van der Waals surface area contributed by atoms with Gasteiger partial charge >= 0.3 is 5.97 Å². The minimum absolute atomic E-state index is 0.185. The number of carbonyl (C=O) groups excluding carboxylic acids is 1. The summed E-state index contributed by atoms with van der Waals surface area (Å²) in [6.45, 7) is 0. The van der Waals surface area contributed by atoms with Gasteiger partial charge < -0.3 is 9.84 Å². The van der Waals surface area contributed by atoms with Crippen molar-refractivity contribution in [2.75, 3.05) is 7.11 Å². The van der Waals surface area contributed by atoms with Crippen molar-refractivity contribution in [3.8, 4) is 5.75 Å². The molecule has 0 saturated carbocycles.